The quantitative estimate of drug-likeness (QED) is 0.138. The first-order chi connectivity index (χ1) is 35.7. The van der Waals surface area contributed by atoms with E-state index < -0.39 is 0 Å². The molecule has 0 aliphatic heterocycles. The second kappa shape index (κ2) is 17.2. The van der Waals surface area contributed by atoms with E-state index >= 15 is 0 Å². The molecule has 72 heavy (non-hydrogen) atoms. The lowest BCUT2D eigenvalue weighted by Crippen LogP contribution is -2.10. The lowest BCUT2D eigenvalue weighted by Gasteiger charge is -2.28. The first-order valence-electron chi connectivity index (χ1n) is 24.8. The van der Waals surface area contributed by atoms with Crippen LogP contribution in [-0.2, 0) is 0 Å². The zero-order valence-corrected chi connectivity index (χ0v) is 39.5. The molecule has 0 spiro atoms. The lowest BCUT2D eigenvalue weighted by atomic mass is 9.84. The van der Waals surface area contributed by atoms with E-state index in [0.29, 0.717) is 0 Å². The molecular formula is C70H46N2. The number of hydrogen-bond acceptors (Lipinski definition) is 1. The van der Waals surface area contributed by atoms with Crippen LogP contribution in [0.3, 0.4) is 0 Å². The van der Waals surface area contributed by atoms with Gasteiger partial charge in [0.2, 0.25) is 0 Å². The maximum Gasteiger partial charge on any atom is 0.0541 e. The van der Waals surface area contributed by atoms with Crippen molar-refractivity contribution in [1.82, 2.24) is 4.57 Å². The van der Waals surface area contributed by atoms with Gasteiger partial charge in [-0.25, -0.2) is 0 Å². The highest BCUT2D eigenvalue weighted by molar-refractivity contribution is 6.22. The number of nitrogens with zero attached hydrogens (tertiary/aromatic N) is 2. The van der Waals surface area contributed by atoms with Crippen LogP contribution in [-0.4, -0.2) is 4.57 Å². The lowest BCUT2D eigenvalue weighted by molar-refractivity contribution is 1.18. The van der Waals surface area contributed by atoms with Gasteiger partial charge in [-0.2, -0.15) is 0 Å². The molecule has 2 heteroatoms. The summed E-state index contributed by atoms with van der Waals surface area (Å²) in [5.74, 6) is 0. The number of anilines is 3. The molecule has 0 aliphatic carbocycles. The third kappa shape index (κ3) is 6.88. The standard InChI is InChI=1S/C70H46N2/c1-4-20-48(21-5-1)69-63-33-13-12-31-59(63)60-40-38-52(46-65(60)70(69)49-22-6-2-7-23-49)50-24-16-28-55(43-50)71(66-36-18-34-58-57-30-11-10-19-47(57)37-41-62(58)66)56-29-17-25-51(44-56)53-39-42-68-64(45-53)61-32-14-15-35-67(61)72(68)54-26-8-3-9-27-54/h1-46H. The van der Waals surface area contributed by atoms with Crippen LogP contribution in [0.25, 0.3) is 115 Å². The van der Waals surface area contributed by atoms with Crippen LogP contribution in [0, 0.1) is 0 Å². The zero-order valence-electron chi connectivity index (χ0n) is 39.5. The van der Waals surface area contributed by atoms with Crippen LogP contribution in [0.4, 0.5) is 17.1 Å². The zero-order chi connectivity index (χ0) is 47.5. The predicted octanol–water partition coefficient (Wildman–Crippen LogP) is 19.5. The van der Waals surface area contributed by atoms with Crippen LogP contribution in [0.15, 0.2) is 279 Å². The molecule has 14 rings (SSSR count). The highest BCUT2D eigenvalue weighted by atomic mass is 15.1. The Kier molecular flexibility index (Phi) is 9.89. The maximum absolute atomic E-state index is 2.46. The molecule has 0 saturated carbocycles. The second-order valence-corrected chi connectivity index (χ2v) is 18.8. The number of hydrogen-bond donors (Lipinski definition) is 0. The van der Waals surface area contributed by atoms with Crippen molar-refractivity contribution in [3.05, 3.63) is 279 Å². The van der Waals surface area contributed by atoms with Crippen molar-refractivity contribution in [1.29, 1.82) is 0 Å². The van der Waals surface area contributed by atoms with Crippen LogP contribution < -0.4 is 4.90 Å². The summed E-state index contributed by atoms with van der Waals surface area (Å²) in [7, 11) is 0. The fraction of sp³-hybridized carbons (Fsp3) is 0. The van der Waals surface area contributed by atoms with E-state index in [-0.39, 0.29) is 0 Å². The van der Waals surface area contributed by atoms with Crippen molar-refractivity contribution in [3.63, 3.8) is 0 Å². The average molecular weight is 915 g/mol. The van der Waals surface area contributed by atoms with Crippen LogP contribution in [0.2, 0.25) is 0 Å². The maximum atomic E-state index is 2.46. The van der Waals surface area contributed by atoms with E-state index in [1.807, 2.05) is 0 Å². The molecule has 0 bridgehead atoms. The summed E-state index contributed by atoms with van der Waals surface area (Å²) in [5.41, 5.74) is 16.4. The van der Waals surface area contributed by atoms with Gasteiger partial charge in [-0.3, -0.25) is 0 Å². The molecule has 0 amide bonds. The van der Waals surface area contributed by atoms with Gasteiger partial charge in [-0.15, -0.1) is 0 Å². The highest BCUT2D eigenvalue weighted by Crippen LogP contribution is 2.47. The van der Waals surface area contributed by atoms with Gasteiger partial charge in [0.1, 0.15) is 0 Å². The van der Waals surface area contributed by atoms with Gasteiger partial charge in [0.05, 0.1) is 16.7 Å². The van der Waals surface area contributed by atoms with Gasteiger partial charge in [0.15, 0.2) is 0 Å². The molecular weight excluding hydrogens is 869 g/mol. The Hall–Kier alpha value is -9.50. The third-order valence-corrected chi connectivity index (χ3v) is 14.7. The van der Waals surface area contributed by atoms with Crippen molar-refractivity contribution in [2.24, 2.45) is 0 Å². The summed E-state index contributed by atoms with van der Waals surface area (Å²) in [5, 5.41) is 12.4. The van der Waals surface area contributed by atoms with Crippen molar-refractivity contribution < 1.29 is 0 Å². The first-order valence-corrected chi connectivity index (χ1v) is 24.8. The van der Waals surface area contributed by atoms with Crippen LogP contribution >= 0.6 is 0 Å². The minimum absolute atomic E-state index is 1.08. The van der Waals surface area contributed by atoms with Crippen molar-refractivity contribution in [2.75, 3.05) is 4.90 Å². The molecule has 1 heterocycles. The number of rotatable bonds is 8. The molecule has 0 saturated heterocycles. The highest BCUT2D eigenvalue weighted by Gasteiger charge is 2.21. The fourth-order valence-corrected chi connectivity index (χ4v) is 11.5. The van der Waals surface area contributed by atoms with Gasteiger partial charge < -0.3 is 9.47 Å². The summed E-state index contributed by atoms with van der Waals surface area (Å²) in [6.45, 7) is 0. The molecule has 0 aliphatic rings. The molecule has 0 fully saturated rings. The summed E-state index contributed by atoms with van der Waals surface area (Å²) >= 11 is 0. The van der Waals surface area contributed by atoms with Gasteiger partial charge in [-0.05, 0) is 149 Å². The van der Waals surface area contributed by atoms with E-state index in [2.05, 4.69) is 289 Å². The SMILES string of the molecule is c1ccc(-c2c(-c3ccccc3)c3cc(-c4cccc(N(c5cccc(-c6ccc7c(c6)c6ccccc6n7-c6ccccc6)c5)c5cccc6c5ccc5ccccc56)c4)ccc3c3ccccc23)cc1. The van der Waals surface area contributed by atoms with Crippen molar-refractivity contribution in [2.45, 2.75) is 0 Å². The average Bonchev–Trinajstić information content (AvgIpc) is 3.79. The second-order valence-electron chi connectivity index (χ2n) is 18.8. The van der Waals surface area contributed by atoms with Crippen molar-refractivity contribution in [3.8, 4) is 50.2 Å². The summed E-state index contributed by atoms with van der Waals surface area (Å²) in [4.78, 5) is 2.46. The Balaban J connectivity index is 0.962. The van der Waals surface area contributed by atoms with E-state index in [1.165, 1.54) is 92.7 Å². The minimum atomic E-state index is 1.08. The summed E-state index contributed by atoms with van der Waals surface area (Å²) in [6, 6.07) is 102. The summed E-state index contributed by atoms with van der Waals surface area (Å²) in [6.07, 6.45) is 0. The minimum Gasteiger partial charge on any atom is -0.310 e. The Labute approximate surface area is 418 Å². The number of para-hydroxylation sites is 2. The molecule has 2 nitrogen and oxygen atoms in total. The Bertz CT molecular complexity index is 4380. The predicted molar refractivity (Wildman–Crippen MR) is 307 cm³/mol. The molecule has 0 radical (unpaired) electrons. The van der Waals surface area contributed by atoms with Gasteiger partial charge in [-0.1, -0.05) is 212 Å². The molecule has 0 unspecified atom stereocenters. The third-order valence-electron chi connectivity index (χ3n) is 14.7. The number of fused-ring (bicyclic) bond motifs is 9. The van der Waals surface area contributed by atoms with Gasteiger partial charge >= 0.3 is 0 Å². The van der Waals surface area contributed by atoms with Gasteiger partial charge in [0.25, 0.3) is 0 Å². The molecule has 0 N–H and O–H groups in total. The normalized spacial score (nSPS) is 11.6. The molecule has 14 aromatic rings. The van der Waals surface area contributed by atoms with Crippen LogP contribution in [0.5, 0.6) is 0 Å². The molecule has 0 atom stereocenters. The van der Waals surface area contributed by atoms with Crippen molar-refractivity contribution >= 4 is 82.0 Å². The van der Waals surface area contributed by atoms with E-state index in [1.54, 1.807) is 0 Å². The van der Waals surface area contributed by atoms with E-state index in [0.717, 1.165) is 39.4 Å². The number of benzene rings is 13. The smallest absolute Gasteiger partial charge is 0.0541 e. The Morgan fingerprint density at radius 2 is 0.694 bits per heavy atom. The van der Waals surface area contributed by atoms with E-state index in [4.69, 9.17) is 0 Å². The number of aromatic nitrogens is 1. The molecule has 1 aromatic heterocycles. The Morgan fingerprint density at radius 1 is 0.236 bits per heavy atom. The Morgan fingerprint density at radius 3 is 1.40 bits per heavy atom. The first kappa shape index (κ1) is 41.5. The topological polar surface area (TPSA) is 8.17 Å². The van der Waals surface area contributed by atoms with E-state index in [9.17, 15) is 0 Å². The molecule has 336 valence electrons. The molecule has 13 aromatic carbocycles. The monoisotopic (exact) mass is 914 g/mol. The fourth-order valence-electron chi connectivity index (χ4n) is 11.5. The largest absolute Gasteiger partial charge is 0.310 e. The van der Waals surface area contributed by atoms with Crippen LogP contribution in [0.1, 0.15) is 0 Å². The van der Waals surface area contributed by atoms with Gasteiger partial charge in [0, 0.05) is 33.2 Å². The summed E-state index contributed by atoms with van der Waals surface area (Å²) < 4.78 is 2.38.